The number of nitrogens with zero attached hydrogens (tertiary/aromatic N) is 2. The monoisotopic (exact) mass is 502 g/mol. The van der Waals surface area contributed by atoms with Crippen LogP contribution in [0.2, 0.25) is 0 Å². The van der Waals surface area contributed by atoms with Crippen molar-refractivity contribution in [2.45, 2.75) is 0 Å². The molecule has 184 valence electrons. The third-order valence-electron chi connectivity index (χ3n) is 7.29. The molecule has 0 N–H and O–H groups in total. The highest BCUT2D eigenvalue weighted by molar-refractivity contribution is 6.06. The first kappa shape index (κ1) is 21.7. The standard InChI is InChI=1S/C35H22N2O2/c1-2-9-23(10-3-1)25-12-8-13-26(21-25)37(27-18-19-30-29-15-6-7-16-32(29)38-33(30)22-27)35-36-31-20-17-24-11-4-5-14-28(24)34(31)39-35/h1-22H. The Morgan fingerprint density at radius 2 is 1.23 bits per heavy atom. The zero-order valence-corrected chi connectivity index (χ0v) is 20.9. The van der Waals surface area contributed by atoms with Gasteiger partial charge in [0.05, 0.1) is 11.4 Å². The summed E-state index contributed by atoms with van der Waals surface area (Å²) in [6.07, 6.45) is 0. The molecule has 6 aromatic carbocycles. The van der Waals surface area contributed by atoms with Gasteiger partial charge in [0.25, 0.3) is 0 Å². The molecule has 4 nitrogen and oxygen atoms in total. The number of anilines is 3. The van der Waals surface area contributed by atoms with Gasteiger partial charge in [-0.15, -0.1) is 0 Å². The molecule has 0 radical (unpaired) electrons. The second kappa shape index (κ2) is 8.61. The van der Waals surface area contributed by atoms with E-state index < -0.39 is 0 Å². The van der Waals surface area contributed by atoms with Gasteiger partial charge in [-0.3, -0.25) is 4.90 Å². The van der Waals surface area contributed by atoms with E-state index >= 15 is 0 Å². The number of aromatic nitrogens is 1. The van der Waals surface area contributed by atoms with Crippen LogP contribution in [0.4, 0.5) is 17.4 Å². The lowest BCUT2D eigenvalue weighted by Gasteiger charge is -2.21. The third kappa shape index (κ3) is 3.57. The average Bonchev–Trinajstić information content (AvgIpc) is 3.59. The van der Waals surface area contributed by atoms with Crippen LogP contribution in [-0.2, 0) is 0 Å². The predicted octanol–water partition coefficient (Wildman–Crippen LogP) is 10.0. The Bertz CT molecular complexity index is 2140. The molecule has 0 aliphatic rings. The van der Waals surface area contributed by atoms with Crippen molar-refractivity contribution in [2.75, 3.05) is 4.90 Å². The Hall–Kier alpha value is -5.35. The smallest absolute Gasteiger partial charge is 0.307 e. The van der Waals surface area contributed by atoms with Gasteiger partial charge in [0.1, 0.15) is 16.7 Å². The number of rotatable bonds is 4. The topological polar surface area (TPSA) is 42.4 Å². The van der Waals surface area contributed by atoms with Crippen LogP contribution in [0.25, 0.3) is 54.9 Å². The van der Waals surface area contributed by atoms with Crippen molar-refractivity contribution in [2.24, 2.45) is 0 Å². The largest absolute Gasteiger partial charge is 0.456 e. The highest BCUT2D eigenvalue weighted by atomic mass is 16.4. The quantitative estimate of drug-likeness (QED) is 0.240. The van der Waals surface area contributed by atoms with E-state index in [1.807, 2.05) is 42.5 Å². The zero-order chi connectivity index (χ0) is 25.8. The highest BCUT2D eigenvalue weighted by Gasteiger charge is 2.21. The summed E-state index contributed by atoms with van der Waals surface area (Å²) in [5.74, 6) is 0. The predicted molar refractivity (Wildman–Crippen MR) is 159 cm³/mol. The number of benzene rings is 6. The van der Waals surface area contributed by atoms with Gasteiger partial charge >= 0.3 is 6.01 Å². The van der Waals surface area contributed by atoms with Crippen molar-refractivity contribution in [3.63, 3.8) is 0 Å². The van der Waals surface area contributed by atoms with E-state index in [0.717, 1.165) is 66.3 Å². The maximum atomic E-state index is 6.55. The second-order valence-electron chi connectivity index (χ2n) is 9.66. The molecule has 4 heteroatoms. The van der Waals surface area contributed by atoms with Gasteiger partial charge in [0.15, 0.2) is 5.58 Å². The maximum absolute atomic E-state index is 6.55. The first-order valence-electron chi connectivity index (χ1n) is 13.0. The van der Waals surface area contributed by atoms with Gasteiger partial charge in [0.2, 0.25) is 0 Å². The van der Waals surface area contributed by atoms with Crippen LogP contribution < -0.4 is 4.90 Å². The summed E-state index contributed by atoms with van der Waals surface area (Å²) in [4.78, 5) is 7.03. The van der Waals surface area contributed by atoms with Crippen molar-refractivity contribution in [1.82, 2.24) is 4.98 Å². The molecule has 0 amide bonds. The SMILES string of the molecule is c1ccc(-c2cccc(N(c3ccc4c(c3)oc3ccccc34)c3nc4ccc5ccccc5c4o3)c2)cc1. The Kier molecular flexibility index (Phi) is 4.79. The minimum atomic E-state index is 0.502. The fourth-order valence-electron chi connectivity index (χ4n) is 5.42. The molecule has 0 unspecified atom stereocenters. The molecule has 0 bridgehead atoms. The Labute approximate surface area is 224 Å². The van der Waals surface area contributed by atoms with Crippen LogP contribution in [0.15, 0.2) is 142 Å². The molecule has 0 aliphatic heterocycles. The molecule has 0 spiro atoms. The van der Waals surface area contributed by atoms with Crippen LogP contribution in [0.5, 0.6) is 0 Å². The first-order valence-corrected chi connectivity index (χ1v) is 13.0. The van der Waals surface area contributed by atoms with Crippen LogP contribution in [0, 0.1) is 0 Å². The minimum Gasteiger partial charge on any atom is -0.456 e. The lowest BCUT2D eigenvalue weighted by molar-refractivity contribution is 0.611. The Balaban J connectivity index is 1.36. The number of hydrogen-bond donors (Lipinski definition) is 0. The Morgan fingerprint density at radius 3 is 2.15 bits per heavy atom. The summed E-state index contributed by atoms with van der Waals surface area (Å²) in [6, 6.07) is 46.1. The molecule has 0 atom stereocenters. The van der Waals surface area contributed by atoms with E-state index in [0.29, 0.717) is 6.01 Å². The average molecular weight is 503 g/mol. The van der Waals surface area contributed by atoms with E-state index in [-0.39, 0.29) is 0 Å². The van der Waals surface area contributed by atoms with Crippen LogP contribution >= 0.6 is 0 Å². The summed E-state index contributed by atoms with van der Waals surface area (Å²) in [5, 5.41) is 4.34. The second-order valence-corrected chi connectivity index (χ2v) is 9.66. The van der Waals surface area contributed by atoms with E-state index in [4.69, 9.17) is 13.8 Å². The van der Waals surface area contributed by atoms with Crippen LogP contribution in [-0.4, -0.2) is 4.98 Å². The molecule has 8 rings (SSSR count). The molecular formula is C35H22N2O2. The highest BCUT2D eigenvalue weighted by Crippen LogP contribution is 2.41. The normalized spacial score (nSPS) is 11.6. The van der Waals surface area contributed by atoms with Gasteiger partial charge in [-0.25, -0.2) is 0 Å². The summed E-state index contributed by atoms with van der Waals surface area (Å²) in [6.45, 7) is 0. The number of furan rings is 1. The molecule has 39 heavy (non-hydrogen) atoms. The van der Waals surface area contributed by atoms with Crippen molar-refractivity contribution >= 4 is 61.2 Å². The van der Waals surface area contributed by atoms with E-state index in [1.54, 1.807) is 0 Å². The fourth-order valence-corrected chi connectivity index (χ4v) is 5.42. The molecule has 2 aromatic heterocycles. The number of hydrogen-bond acceptors (Lipinski definition) is 4. The fraction of sp³-hybridized carbons (Fsp3) is 0. The van der Waals surface area contributed by atoms with Gasteiger partial charge < -0.3 is 8.83 Å². The van der Waals surface area contributed by atoms with Gasteiger partial charge in [-0.1, -0.05) is 91.0 Å². The molecule has 2 heterocycles. The minimum absolute atomic E-state index is 0.502. The van der Waals surface area contributed by atoms with Crippen LogP contribution in [0.3, 0.4) is 0 Å². The molecule has 0 saturated heterocycles. The summed E-state index contributed by atoms with van der Waals surface area (Å²) < 4.78 is 12.8. The van der Waals surface area contributed by atoms with Crippen molar-refractivity contribution in [3.05, 3.63) is 133 Å². The van der Waals surface area contributed by atoms with E-state index in [2.05, 4.69) is 95.9 Å². The van der Waals surface area contributed by atoms with Gasteiger partial charge in [-0.2, -0.15) is 4.98 Å². The molecular weight excluding hydrogens is 480 g/mol. The molecule has 0 fully saturated rings. The van der Waals surface area contributed by atoms with E-state index in [9.17, 15) is 0 Å². The maximum Gasteiger partial charge on any atom is 0.307 e. The zero-order valence-electron chi connectivity index (χ0n) is 20.9. The Morgan fingerprint density at radius 1 is 0.487 bits per heavy atom. The molecule has 8 aromatic rings. The summed E-state index contributed by atoms with van der Waals surface area (Å²) >= 11 is 0. The van der Waals surface area contributed by atoms with Gasteiger partial charge in [-0.05, 0) is 52.9 Å². The van der Waals surface area contributed by atoms with Crippen molar-refractivity contribution in [1.29, 1.82) is 0 Å². The van der Waals surface area contributed by atoms with Crippen LogP contribution in [0.1, 0.15) is 0 Å². The number of para-hydroxylation sites is 1. The van der Waals surface area contributed by atoms with Gasteiger partial charge in [0, 0.05) is 22.2 Å². The lowest BCUT2D eigenvalue weighted by Crippen LogP contribution is -2.10. The van der Waals surface area contributed by atoms with Crippen molar-refractivity contribution < 1.29 is 8.83 Å². The summed E-state index contributed by atoms with van der Waals surface area (Å²) in [5.41, 5.74) is 7.40. The molecule has 0 aliphatic carbocycles. The third-order valence-corrected chi connectivity index (χ3v) is 7.29. The molecule has 0 saturated carbocycles. The lowest BCUT2D eigenvalue weighted by atomic mass is 10.0. The number of fused-ring (bicyclic) bond motifs is 6. The van der Waals surface area contributed by atoms with Crippen molar-refractivity contribution in [3.8, 4) is 11.1 Å². The number of oxazole rings is 1. The summed E-state index contributed by atoms with van der Waals surface area (Å²) in [7, 11) is 0. The van der Waals surface area contributed by atoms with E-state index in [1.165, 1.54) is 0 Å². The first-order chi connectivity index (χ1) is 19.3.